The second-order valence-electron chi connectivity index (χ2n) is 5.88. The highest BCUT2D eigenvalue weighted by atomic mass is 16.5. The van der Waals surface area contributed by atoms with E-state index in [0.717, 1.165) is 22.4 Å². The number of carbonyl (C=O) groups excluding carboxylic acids is 1. The summed E-state index contributed by atoms with van der Waals surface area (Å²) in [6, 6.07) is 25.5. The summed E-state index contributed by atoms with van der Waals surface area (Å²) in [5.74, 6) is 0.823. The highest BCUT2D eigenvalue weighted by molar-refractivity contribution is 5.89. The van der Waals surface area contributed by atoms with Crippen LogP contribution < -0.4 is 10.1 Å². The van der Waals surface area contributed by atoms with Crippen LogP contribution in [-0.2, 0) is 11.3 Å². The molecule has 0 saturated carbocycles. The molecule has 136 valence electrons. The van der Waals surface area contributed by atoms with Crippen LogP contribution in [0.2, 0.25) is 0 Å². The number of rotatable bonds is 6. The molecule has 0 aliphatic heterocycles. The van der Waals surface area contributed by atoms with Crippen molar-refractivity contribution in [2.75, 3.05) is 12.4 Å². The summed E-state index contributed by atoms with van der Waals surface area (Å²) in [7, 11) is 1.34. The van der Waals surface area contributed by atoms with E-state index in [0.29, 0.717) is 12.3 Å². The lowest BCUT2D eigenvalue weighted by Gasteiger charge is -2.07. The van der Waals surface area contributed by atoms with Gasteiger partial charge in [0.25, 0.3) is 0 Å². The van der Waals surface area contributed by atoms with Crippen LogP contribution in [0, 0.1) is 0 Å². The summed E-state index contributed by atoms with van der Waals surface area (Å²) in [4.78, 5) is 11.4. The van der Waals surface area contributed by atoms with Gasteiger partial charge in [-0.2, -0.15) is 0 Å². The molecule has 0 aromatic heterocycles. The number of para-hydroxylation sites is 1. The van der Waals surface area contributed by atoms with E-state index in [1.165, 1.54) is 7.11 Å². The SMILES string of the molecule is COC(=O)Nc1ccccc1C=Cc1ccc(OCc2ccccc2)cc1. The number of hydrogen-bond acceptors (Lipinski definition) is 3. The molecule has 4 heteroatoms. The van der Waals surface area contributed by atoms with Crippen molar-refractivity contribution in [2.24, 2.45) is 0 Å². The molecule has 0 saturated heterocycles. The number of hydrogen-bond donors (Lipinski definition) is 1. The first-order chi connectivity index (χ1) is 13.2. The summed E-state index contributed by atoms with van der Waals surface area (Å²) in [6.07, 6.45) is 3.44. The molecule has 0 aliphatic carbocycles. The number of nitrogens with one attached hydrogen (secondary N) is 1. The first-order valence-electron chi connectivity index (χ1n) is 8.63. The monoisotopic (exact) mass is 359 g/mol. The Kier molecular flexibility index (Phi) is 6.26. The molecule has 0 atom stereocenters. The Hall–Kier alpha value is -3.53. The van der Waals surface area contributed by atoms with Crippen LogP contribution in [0.4, 0.5) is 10.5 Å². The Bertz CT molecular complexity index is 902. The largest absolute Gasteiger partial charge is 0.489 e. The third-order valence-electron chi connectivity index (χ3n) is 3.97. The minimum absolute atomic E-state index is 0.490. The van der Waals surface area contributed by atoms with E-state index >= 15 is 0 Å². The molecule has 27 heavy (non-hydrogen) atoms. The van der Waals surface area contributed by atoms with Gasteiger partial charge in [-0.05, 0) is 34.9 Å². The number of amides is 1. The molecule has 0 aliphatic rings. The van der Waals surface area contributed by atoms with E-state index in [9.17, 15) is 4.79 Å². The predicted octanol–water partition coefficient (Wildman–Crippen LogP) is 5.61. The number of carbonyl (C=O) groups is 1. The van der Waals surface area contributed by atoms with Gasteiger partial charge in [0.15, 0.2) is 0 Å². The van der Waals surface area contributed by atoms with Crippen molar-refractivity contribution in [3.05, 3.63) is 95.6 Å². The summed E-state index contributed by atoms with van der Waals surface area (Å²) in [6.45, 7) is 0.544. The van der Waals surface area contributed by atoms with Gasteiger partial charge in [0.05, 0.1) is 12.8 Å². The van der Waals surface area contributed by atoms with E-state index in [4.69, 9.17) is 4.74 Å². The molecule has 0 radical (unpaired) electrons. The standard InChI is InChI=1S/C23H21NO3/c1-26-23(25)24-22-10-6-5-9-20(22)14-11-18-12-15-21(16-13-18)27-17-19-7-3-2-4-8-19/h2-16H,17H2,1H3,(H,24,25). The van der Waals surface area contributed by atoms with E-state index < -0.39 is 6.09 Å². The van der Waals surface area contributed by atoms with Gasteiger partial charge in [0.1, 0.15) is 12.4 Å². The van der Waals surface area contributed by atoms with Crippen molar-refractivity contribution in [3.8, 4) is 5.75 Å². The first-order valence-corrected chi connectivity index (χ1v) is 8.63. The number of ether oxygens (including phenoxy) is 2. The molecule has 0 fully saturated rings. The molecule has 3 rings (SSSR count). The predicted molar refractivity (Wildman–Crippen MR) is 109 cm³/mol. The topological polar surface area (TPSA) is 47.6 Å². The van der Waals surface area contributed by atoms with Crippen molar-refractivity contribution >= 4 is 23.9 Å². The van der Waals surface area contributed by atoms with Gasteiger partial charge in [0.2, 0.25) is 0 Å². The van der Waals surface area contributed by atoms with Crippen LogP contribution in [0.5, 0.6) is 5.75 Å². The molecule has 3 aromatic rings. The second kappa shape index (κ2) is 9.25. The van der Waals surface area contributed by atoms with Gasteiger partial charge in [-0.15, -0.1) is 0 Å². The molecule has 1 amide bonds. The van der Waals surface area contributed by atoms with Crippen molar-refractivity contribution in [2.45, 2.75) is 6.61 Å². The molecule has 0 spiro atoms. The maximum absolute atomic E-state index is 11.4. The van der Waals surface area contributed by atoms with Crippen LogP contribution in [0.3, 0.4) is 0 Å². The Morgan fingerprint density at radius 3 is 2.33 bits per heavy atom. The minimum Gasteiger partial charge on any atom is -0.489 e. The summed E-state index contributed by atoms with van der Waals surface area (Å²) in [5.41, 5.74) is 3.77. The average molecular weight is 359 g/mol. The van der Waals surface area contributed by atoms with Crippen LogP contribution in [0.1, 0.15) is 16.7 Å². The van der Waals surface area contributed by atoms with Crippen molar-refractivity contribution in [1.82, 2.24) is 0 Å². The lowest BCUT2D eigenvalue weighted by atomic mass is 10.1. The fourth-order valence-corrected chi connectivity index (χ4v) is 2.52. The zero-order valence-electron chi connectivity index (χ0n) is 15.1. The van der Waals surface area contributed by atoms with Crippen LogP contribution >= 0.6 is 0 Å². The highest BCUT2D eigenvalue weighted by Gasteiger charge is 2.03. The molecule has 0 heterocycles. The number of benzene rings is 3. The molecule has 0 bridgehead atoms. The van der Waals surface area contributed by atoms with Gasteiger partial charge in [-0.3, -0.25) is 5.32 Å². The Labute approximate surface area is 159 Å². The molecule has 0 unspecified atom stereocenters. The Balaban J connectivity index is 1.64. The highest BCUT2D eigenvalue weighted by Crippen LogP contribution is 2.20. The molecule has 3 aromatic carbocycles. The van der Waals surface area contributed by atoms with Gasteiger partial charge in [-0.1, -0.05) is 72.8 Å². The summed E-state index contributed by atoms with van der Waals surface area (Å²) in [5, 5.41) is 2.71. The molecular formula is C23H21NO3. The van der Waals surface area contributed by atoms with Crippen molar-refractivity contribution < 1.29 is 14.3 Å². The smallest absolute Gasteiger partial charge is 0.411 e. The lowest BCUT2D eigenvalue weighted by Crippen LogP contribution is -2.11. The van der Waals surface area contributed by atoms with Gasteiger partial charge < -0.3 is 9.47 Å². The fraction of sp³-hybridized carbons (Fsp3) is 0.0870. The normalized spacial score (nSPS) is 10.6. The van der Waals surface area contributed by atoms with E-state index in [1.807, 2.05) is 91.0 Å². The maximum Gasteiger partial charge on any atom is 0.411 e. The zero-order valence-corrected chi connectivity index (χ0v) is 15.1. The van der Waals surface area contributed by atoms with E-state index in [-0.39, 0.29) is 0 Å². The summed E-state index contributed by atoms with van der Waals surface area (Å²) >= 11 is 0. The van der Waals surface area contributed by atoms with Crippen LogP contribution in [0.15, 0.2) is 78.9 Å². The van der Waals surface area contributed by atoms with Gasteiger partial charge in [-0.25, -0.2) is 4.79 Å². The zero-order chi connectivity index (χ0) is 18.9. The molecular weight excluding hydrogens is 338 g/mol. The fourth-order valence-electron chi connectivity index (χ4n) is 2.52. The third-order valence-corrected chi connectivity index (χ3v) is 3.97. The van der Waals surface area contributed by atoms with E-state index in [2.05, 4.69) is 10.1 Å². The molecule has 1 N–H and O–H groups in total. The van der Waals surface area contributed by atoms with E-state index in [1.54, 1.807) is 0 Å². The van der Waals surface area contributed by atoms with Crippen LogP contribution in [-0.4, -0.2) is 13.2 Å². The Morgan fingerprint density at radius 2 is 1.59 bits per heavy atom. The first kappa shape index (κ1) is 18.3. The summed E-state index contributed by atoms with van der Waals surface area (Å²) < 4.78 is 10.5. The minimum atomic E-state index is -0.490. The van der Waals surface area contributed by atoms with Crippen molar-refractivity contribution in [3.63, 3.8) is 0 Å². The number of methoxy groups -OCH3 is 1. The maximum atomic E-state index is 11.4. The van der Waals surface area contributed by atoms with Crippen LogP contribution in [0.25, 0.3) is 12.2 Å². The quantitative estimate of drug-likeness (QED) is 0.582. The van der Waals surface area contributed by atoms with Gasteiger partial charge in [0, 0.05) is 0 Å². The average Bonchev–Trinajstić information content (AvgIpc) is 2.73. The lowest BCUT2D eigenvalue weighted by molar-refractivity contribution is 0.187. The van der Waals surface area contributed by atoms with Gasteiger partial charge >= 0.3 is 6.09 Å². The second-order valence-corrected chi connectivity index (χ2v) is 5.88. The third kappa shape index (κ3) is 5.47. The molecule has 4 nitrogen and oxygen atoms in total. The number of anilines is 1. The van der Waals surface area contributed by atoms with Crippen molar-refractivity contribution in [1.29, 1.82) is 0 Å². The Morgan fingerprint density at radius 1 is 0.889 bits per heavy atom.